The van der Waals surface area contributed by atoms with Crippen LogP contribution in [0.4, 0.5) is 0 Å². The SMILES string of the molecule is CCc1nc2cc(Br)ccn2c1S(=O)(=O)CC. The Morgan fingerprint density at radius 2 is 2.12 bits per heavy atom. The van der Waals surface area contributed by atoms with Gasteiger partial charge < -0.3 is 0 Å². The van der Waals surface area contributed by atoms with Crippen molar-refractivity contribution < 1.29 is 8.42 Å². The highest BCUT2D eigenvalue weighted by atomic mass is 79.9. The van der Waals surface area contributed by atoms with E-state index in [-0.39, 0.29) is 5.75 Å². The van der Waals surface area contributed by atoms with Crippen molar-refractivity contribution >= 4 is 31.4 Å². The summed E-state index contributed by atoms with van der Waals surface area (Å²) in [4.78, 5) is 4.36. The fourth-order valence-electron chi connectivity index (χ4n) is 1.74. The summed E-state index contributed by atoms with van der Waals surface area (Å²) >= 11 is 3.35. The number of sulfone groups is 1. The fraction of sp³-hybridized carbons (Fsp3) is 0.364. The lowest BCUT2D eigenvalue weighted by atomic mass is 10.4. The highest BCUT2D eigenvalue weighted by molar-refractivity contribution is 9.10. The molecule has 2 rings (SSSR count). The topological polar surface area (TPSA) is 51.4 Å². The van der Waals surface area contributed by atoms with Crippen LogP contribution in [0.3, 0.4) is 0 Å². The number of fused-ring (bicyclic) bond motifs is 1. The van der Waals surface area contributed by atoms with Crippen molar-refractivity contribution in [3.05, 3.63) is 28.5 Å². The quantitative estimate of drug-likeness (QED) is 0.874. The number of pyridine rings is 1. The standard InChI is InChI=1S/C11H13BrN2O2S/c1-3-9-11(17(15,16)4-2)14-6-5-8(12)7-10(14)13-9/h5-7H,3-4H2,1-2H3. The predicted octanol–water partition coefficient (Wildman–Crippen LogP) is 2.45. The summed E-state index contributed by atoms with van der Waals surface area (Å²) in [5.74, 6) is 0.0872. The van der Waals surface area contributed by atoms with Crippen LogP contribution in [0.1, 0.15) is 19.5 Å². The number of halogens is 1. The van der Waals surface area contributed by atoms with Crippen molar-refractivity contribution in [1.29, 1.82) is 0 Å². The Morgan fingerprint density at radius 1 is 1.41 bits per heavy atom. The number of imidazole rings is 1. The number of aromatic nitrogens is 2. The van der Waals surface area contributed by atoms with Gasteiger partial charge in [-0.15, -0.1) is 0 Å². The maximum atomic E-state index is 12.1. The molecule has 0 saturated heterocycles. The second-order valence-corrected chi connectivity index (χ2v) is 6.80. The average Bonchev–Trinajstić information content (AvgIpc) is 2.67. The van der Waals surface area contributed by atoms with Gasteiger partial charge >= 0.3 is 0 Å². The van der Waals surface area contributed by atoms with Crippen molar-refractivity contribution in [2.24, 2.45) is 0 Å². The Kier molecular flexibility index (Phi) is 3.27. The van der Waals surface area contributed by atoms with E-state index in [1.54, 1.807) is 17.5 Å². The first-order valence-electron chi connectivity index (χ1n) is 5.38. The van der Waals surface area contributed by atoms with Gasteiger partial charge in [-0.25, -0.2) is 13.4 Å². The number of hydrogen-bond donors (Lipinski definition) is 0. The molecule has 0 radical (unpaired) electrons. The van der Waals surface area contributed by atoms with Crippen LogP contribution in [0.2, 0.25) is 0 Å². The van der Waals surface area contributed by atoms with E-state index < -0.39 is 9.84 Å². The molecule has 6 heteroatoms. The van der Waals surface area contributed by atoms with Gasteiger partial charge in [0.05, 0.1) is 11.4 Å². The third-order valence-corrected chi connectivity index (χ3v) is 4.90. The van der Waals surface area contributed by atoms with Crippen molar-refractivity contribution in [2.45, 2.75) is 25.3 Å². The first-order chi connectivity index (χ1) is 7.99. The monoisotopic (exact) mass is 316 g/mol. The molecule has 0 aliphatic rings. The normalized spacial score (nSPS) is 12.2. The van der Waals surface area contributed by atoms with E-state index in [1.165, 1.54) is 0 Å². The van der Waals surface area contributed by atoms with Gasteiger partial charge in [0.2, 0.25) is 0 Å². The zero-order valence-electron chi connectivity index (χ0n) is 9.64. The summed E-state index contributed by atoms with van der Waals surface area (Å²) in [6, 6.07) is 3.62. The lowest BCUT2D eigenvalue weighted by Crippen LogP contribution is -2.09. The first-order valence-corrected chi connectivity index (χ1v) is 7.83. The van der Waals surface area contributed by atoms with Crippen LogP contribution in [0.5, 0.6) is 0 Å². The van der Waals surface area contributed by atoms with E-state index in [1.807, 2.05) is 19.1 Å². The van der Waals surface area contributed by atoms with E-state index in [9.17, 15) is 8.42 Å². The molecule has 0 aliphatic carbocycles. The third kappa shape index (κ3) is 2.11. The third-order valence-electron chi connectivity index (χ3n) is 2.62. The summed E-state index contributed by atoms with van der Waals surface area (Å²) in [6.45, 7) is 3.55. The Bertz CT molecular complexity index is 661. The van der Waals surface area contributed by atoms with Gasteiger partial charge in [-0.2, -0.15) is 0 Å². The molecule has 2 aromatic rings. The Morgan fingerprint density at radius 3 is 2.71 bits per heavy atom. The van der Waals surface area contributed by atoms with E-state index in [0.717, 1.165) is 4.47 Å². The fourth-order valence-corrected chi connectivity index (χ4v) is 3.34. The molecule has 0 saturated carbocycles. The van der Waals surface area contributed by atoms with Gasteiger partial charge in [0.1, 0.15) is 5.65 Å². The van der Waals surface area contributed by atoms with E-state index in [2.05, 4.69) is 20.9 Å². The minimum absolute atomic E-state index is 0.0872. The van der Waals surface area contributed by atoms with Crippen LogP contribution in [-0.4, -0.2) is 23.6 Å². The summed E-state index contributed by atoms with van der Waals surface area (Å²) in [5, 5.41) is 0.324. The molecule has 0 spiro atoms. The maximum Gasteiger partial charge on any atom is 0.195 e. The molecule has 0 amide bonds. The molecular weight excluding hydrogens is 304 g/mol. The first kappa shape index (κ1) is 12.6. The second kappa shape index (κ2) is 4.42. The number of hydrogen-bond acceptors (Lipinski definition) is 3. The predicted molar refractivity (Wildman–Crippen MR) is 70.0 cm³/mol. The zero-order valence-corrected chi connectivity index (χ0v) is 12.0. The van der Waals surface area contributed by atoms with Gasteiger partial charge in [0.25, 0.3) is 0 Å². The van der Waals surface area contributed by atoms with E-state index in [0.29, 0.717) is 22.8 Å². The molecule has 0 N–H and O–H groups in total. The van der Waals surface area contributed by atoms with Crippen LogP contribution < -0.4 is 0 Å². The molecule has 0 fully saturated rings. The molecule has 4 nitrogen and oxygen atoms in total. The Balaban J connectivity index is 2.85. The molecule has 92 valence electrons. The van der Waals surface area contributed by atoms with E-state index >= 15 is 0 Å². The minimum atomic E-state index is -3.25. The van der Waals surface area contributed by atoms with Crippen molar-refractivity contribution in [2.75, 3.05) is 5.75 Å². The van der Waals surface area contributed by atoms with Gasteiger partial charge in [0, 0.05) is 10.7 Å². The molecule has 0 bridgehead atoms. The van der Waals surface area contributed by atoms with Crippen LogP contribution in [0.25, 0.3) is 5.65 Å². The molecule has 2 aromatic heterocycles. The molecule has 0 atom stereocenters. The smallest absolute Gasteiger partial charge is 0.195 e. The summed E-state index contributed by atoms with van der Waals surface area (Å²) in [5.41, 5.74) is 1.29. The van der Waals surface area contributed by atoms with Crippen molar-refractivity contribution in [3.8, 4) is 0 Å². The Labute approximate surface area is 109 Å². The number of rotatable bonds is 3. The summed E-state index contributed by atoms with van der Waals surface area (Å²) < 4.78 is 26.7. The average molecular weight is 317 g/mol. The molecule has 0 aromatic carbocycles. The summed E-state index contributed by atoms with van der Waals surface area (Å²) in [7, 11) is -3.25. The van der Waals surface area contributed by atoms with Crippen LogP contribution in [-0.2, 0) is 16.3 Å². The maximum absolute atomic E-state index is 12.1. The molecular formula is C11H13BrN2O2S. The molecule has 17 heavy (non-hydrogen) atoms. The van der Waals surface area contributed by atoms with Crippen LogP contribution in [0.15, 0.2) is 27.8 Å². The van der Waals surface area contributed by atoms with Gasteiger partial charge in [-0.3, -0.25) is 4.40 Å². The van der Waals surface area contributed by atoms with E-state index in [4.69, 9.17) is 0 Å². The van der Waals surface area contributed by atoms with Gasteiger partial charge in [-0.1, -0.05) is 29.8 Å². The molecule has 0 unspecified atom stereocenters. The van der Waals surface area contributed by atoms with Crippen molar-refractivity contribution in [1.82, 2.24) is 9.38 Å². The lowest BCUT2D eigenvalue weighted by Gasteiger charge is -2.03. The second-order valence-electron chi connectivity index (χ2n) is 3.69. The summed E-state index contributed by atoms with van der Waals surface area (Å²) in [6.07, 6.45) is 2.34. The van der Waals surface area contributed by atoms with Crippen LogP contribution in [0, 0.1) is 0 Å². The molecule has 2 heterocycles. The largest absolute Gasteiger partial charge is 0.290 e. The zero-order chi connectivity index (χ0) is 12.6. The number of aryl methyl sites for hydroxylation is 1. The van der Waals surface area contributed by atoms with Crippen LogP contribution >= 0.6 is 15.9 Å². The van der Waals surface area contributed by atoms with Gasteiger partial charge in [-0.05, 0) is 18.6 Å². The lowest BCUT2D eigenvalue weighted by molar-refractivity contribution is 0.591. The van der Waals surface area contributed by atoms with Crippen molar-refractivity contribution in [3.63, 3.8) is 0 Å². The number of nitrogens with zero attached hydrogens (tertiary/aromatic N) is 2. The molecule has 0 aliphatic heterocycles. The Hall–Kier alpha value is -0.880. The highest BCUT2D eigenvalue weighted by Crippen LogP contribution is 2.22. The minimum Gasteiger partial charge on any atom is -0.290 e. The van der Waals surface area contributed by atoms with Gasteiger partial charge in [0.15, 0.2) is 14.9 Å². The highest BCUT2D eigenvalue weighted by Gasteiger charge is 2.22.